The minimum Gasteiger partial charge on any atom is -0.351 e. The van der Waals surface area contributed by atoms with Gasteiger partial charge in [-0.05, 0) is 49.9 Å². The lowest BCUT2D eigenvalue weighted by molar-refractivity contribution is 0.0921. The Hall–Kier alpha value is -1.52. The van der Waals surface area contributed by atoms with Crippen molar-refractivity contribution >= 4 is 28.4 Å². The third kappa shape index (κ3) is 2.81. The number of amides is 1. The molecule has 0 radical (unpaired) electrons. The highest BCUT2D eigenvalue weighted by Gasteiger charge is 2.21. The number of hydrogen-bond acceptors (Lipinski definition) is 2. The molecule has 4 N–H and O–H groups in total. The highest BCUT2D eigenvalue weighted by atomic mass is 35.5. The number of carbonyl (C=O) groups excluding carboxylic acids is 1. The van der Waals surface area contributed by atoms with Crippen LogP contribution in [0, 0.1) is 0 Å². The number of hydrogen-bond donors (Lipinski definition) is 3. The largest absolute Gasteiger partial charge is 0.351 e. The van der Waals surface area contributed by atoms with Crippen LogP contribution < -0.4 is 11.1 Å². The summed E-state index contributed by atoms with van der Waals surface area (Å²) in [5, 5.41) is 4.70. The summed E-state index contributed by atoms with van der Waals surface area (Å²) in [5.74, 6) is -0.0576. The van der Waals surface area contributed by atoms with Gasteiger partial charge in [-0.3, -0.25) is 4.79 Å². The van der Waals surface area contributed by atoms with Gasteiger partial charge in [-0.1, -0.05) is 11.6 Å². The van der Waals surface area contributed by atoms with Gasteiger partial charge in [0, 0.05) is 28.0 Å². The van der Waals surface area contributed by atoms with Crippen LogP contribution in [0.1, 0.15) is 36.2 Å². The van der Waals surface area contributed by atoms with E-state index in [1.807, 2.05) is 24.3 Å². The molecule has 1 amide bonds. The van der Waals surface area contributed by atoms with Crippen molar-refractivity contribution in [1.82, 2.24) is 10.3 Å². The third-order valence-electron chi connectivity index (χ3n) is 3.93. The molecule has 0 atom stereocenters. The topological polar surface area (TPSA) is 70.9 Å². The molecule has 2 aromatic rings. The number of aromatic nitrogens is 1. The second-order valence-corrected chi connectivity index (χ2v) is 5.94. The Morgan fingerprint density at radius 1 is 1.25 bits per heavy atom. The van der Waals surface area contributed by atoms with Crippen LogP contribution in [-0.4, -0.2) is 23.0 Å². The summed E-state index contributed by atoms with van der Waals surface area (Å²) in [5.41, 5.74) is 7.37. The van der Waals surface area contributed by atoms with E-state index in [-0.39, 0.29) is 11.9 Å². The molecule has 1 saturated carbocycles. The van der Waals surface area contributed by atoms with E-state index in [1.54, 1.807) is 0 Å². The van der Waals surface area contributed by atoms with E-state index in [1.165, 1.54) is 0 Å². The summed E-state index contributed by atoms with van der Waals surface area (Å²) >= 11 is 5.95. The van der Waals surface area contributed by atoms with Crippen LogP contribution in [0.4, 0.5) is 0 Å². The van der Waals surface area contributed by atoms with Gasteiger partial charge in [0.15, 0.2) is 0 Å². The van der Waals surface area contributed by atoms with Crippen molar-refractivity contribution in [2.75, 3.05) is 0 Å². The molecular weight excluding hydrogens is 274 g/mol. The lowest BCUT2D eigenvalue weighted by atomic mass is 9.92. The Morgan fingerprint density at radius 2 is 2.00 bits per heavy atom. The number of fused-ring (bicyclic) bond motifs is 1. The summed E-state index contributed by atoms with van der Waals surface area (Å²) in [6.45, 7) is 0. The molecule has 1 heterocycles. The number of H-pyrrole nitrogens is 1. The normalized spacial score (nSPS) is 22.9. The molecule has 1 aromatic carbocycles. The predicted octanol–water partition coefficient (Wildman–Crippen LogP) is 2.82. The number of aromatic amines is 1. The molecule has 4 nitrogen and oxygen atoms in total. The Labute approximate surface area is 122 Å². The standard InChI is InChI=1S/C15H18ClN3O/c16-10-1-6-13-9(7-10)8-14(19-13)15(20)18-12-4-2-11(17)3-5-12/h1,6-8,11-12,19H,2-5,17H2,(H,18,20). The highest BCUT2D eigenvalue weighted by Crippen LogP contribution is 2.21. The molecule has 5 heteroatoms. The van der Waals surface area contributed by atoms with Gasteiger partial charge in [0.2, 0.25) is 0 Å². The first-order valence-corrected chi connectivity index (χ1v) is 7.34. The van der Waals surface area contributed by atoms with E-state index < -0.39 is 0 Å². The lowest BCUT2D eigenvalue weighted by Crippen LogP contribution is -2.40. The van der Waals surface area contributed by atoms with Crippen LogP contribution in [0.5, 0.6) is 0 Å². The second-order valence-electron chi connectivity index (χ2n) is 5.50. The molecular formula is C15H18ClN3O. The molecule has 0 unspecified atom stereocenters. The van der Waals surface area contributed by atoms with E-state index >= 15 is 0 Å². The summed E-state index contributed by atoms with van der Waals surface area (Å²) in [6.07, 6.45) is 3.87. The Morgan fingerprint density at radius 3 is 2.75 bits per heavy atom. The first-order valence-electron chi connectivity index (χ1n) is 6.96. The minimum atomic E-state index is -0.0576. The van der Waals surface area contributed by atoms with Gasteiger partial charge in [0.25, 0.3) is 5.91 Å². The maximum Gasteiger partial charge on any atom is 0.267 e. The number of carbonyl (C=O) groups is 1. The van der Waals surface area contributed by atoms with Gasteiger partial charge in [-0.25, -0.2) is 0 Å². The number of rotatable bonds is 2. The van der Waals surface area contributed by atoms with Crippen LogP contribution in [-0.2, 0) is 0 Å². The highest BCUT2D eigenvalue weighted by molar-refractivity contribution is 6.31. The summed E-state index contributed by atoms with van der Waals surface area (Å²) < 4.78 is 0. The first kappa shape index (κ1) is 13.5. The lowest BCUT2D eigenvalue weighted by Gasteiger charge is -2.26. The molecule has 0 aliphatic heterocycles. The minimum absolute atomic E-state index is 0.0576. The Balaban J connectivity index is 1.72. The van der Waals surface area contributed by atoms with Crippen LogP contribution in [0.25, 0.3) is 10.9 Å². The average Bonchev–Trinajstić information content (AvgIpc) is 2.84. The van der Waals surface area contributed by atoms with Crippen molar-refractivity contribution < 1.29 is 4.79 Å². The molecule has 0 bridgehead atoms. The second kappa shape index (κ2) is 5.46. The van der Waals surface area contributed by atoms with Gasteiger partial charge >= 0.3 is 0 Å². The number of nitrogens with two attached hydrogens (primary N) is 1. The molecule has 1 fully saturated rings. The average molecular weight is 292 g/mol. The quantitative estimate of drug-likeness (QED) is 0.796. The fourth-order valence-corrected chi connectivity index (χ4v) is 2.93. The molecule has 20 heavy (non-hydrogen) atoms. The van der Waals surface area contributed by atoms with Crippen molar-refractivity contribution in [2.24, 2.45) is 5.73 Å². The van der Waals surface area contributed by atoms with Gasteiger partial charge in [0.1, 0.15) is 5.69 Å². The smallest absolute Gasteiger partial charge is 0.267 e. The predicted molar refractivity (Wildman–Crippen MR) is 81.0 cm³/mol. The van der Waals surface area contributed by atoms with Gasteiger partial charge in [-0.15, -0.1) is 0 Å². The zero-order chi connectivity index (χ0) is 14.1. The van der Waals surface area contributed by atoms with Crippen molar-refractivity contribution in [3.8, 4) is 0 Å². The zero-order valence-electron chi connectivity index (χ0n) is 11.2. The van der Waals surface area contributed by atoms with Gasteiger partial charge in [-0.2, -0.15) is 0 Å². The molecule has 3 rings (SSSR count). The maximum atomic E-state index is 12.2. The van der Waals surface area contributed by atoms with Crippen molar-refractivity contribution in [2.45, 2.75) is 37.8 Å². The zero-order valence-corrected chi connectivity index (χ0v) is 11.9. The van der Waals surface area contributed by atoms with E-state index in [0.29, 0.717) is 16.8 Å². The molecule has 1 aliphatic rings. The maximum absolute atomic E-state index is 12.2. The van der Waals surface area contributed by atoms with E-state index in [0.717, 1.165) is 36.6 Å². The molecule has 0 saturated heterocycles. The number of nitrogens with one attached hydrogen (secondary N) is 2. The molecule has 106 valence electrons. The van der Waals surface area contributed by atoms with Crippen LogP contribution in [0.15, 0.2) is 24.3 Å². The molecule has 1 aromatic heterocycles. The Bertz CT molecular complexity index is 629. The van der Waals surface area contributed by atoms with Crippen LogP contribution >= 0.6 is 11.6 Å². The number of halogens is 1. The monoisotopic (exact) mass is 291 g/mol. The summed E-state index contributed by atoms with van der Waals surface area (Å²) in [6, 6.07) is 7.91. The number of benzene rings is 1. The molecule has 0 spiro atoms. The van der Waals surface area contributed by atoms with Gasteiger partial charge in [0.05, 0.1) is 0 Å². The van der Waals surface area contributed by atoms with Crippen LogP contribution in [0.2, 0.25) is 5.02 Å². The van der Waals surface area contributed by atoms with Gasteiger partial charge < -0.3 is 16.0 Å². The van der Waals surface area contributed by atoms with Crippen molar-refractivity contribution in [3.63, 3.8) is 0 Å². The fourth-order valence-electron chi connectivity index (χ4n) is 2.75. The summed E-state index contributed by atoms with van der Waals surface area (Å²) in [7, 11) is 0. The van der Waals surface area contributed by atoms with E-state index in [4.69, 9.17) is 17.3 Å². The summed E-state index contributed by atoms with van der Waals surface area (Å²) in [4.78, 5) is 15.4. The molecule has 1 aliphatic carbocycles. The Kier molecular flexibility index (Phi) is 3.68. The van der Waals surface area contributed by atoms with Crippen LogP contribution in [0.3, 0.4) is 0 Å². The van der Waals surface area contributed by atoms with E-state index in [2.05, 4.69) is 10.3 Å². The fraction of sp³-hybridized carbons (Fsp3) is 0.400. The van der Waals surface area contributed by atoms with Crippen molar-refractivity contribution in [3.05, 3.63) is 35.0 Å². The van der Waals surface area contributed by atoms with Crippen molar-refractivity contribution in [1.29, 1.82) is 0 Å². The first-order chi connectivity index (χ1) is 9.61. The SMILES string of the molecule is NC1CCC(NC(=O)c2cc3cc(Cl)ccc3[nH]2)CC1. The third-order valence-corrected chi connectivity index (χ3v) is 4.17. The van der Waals surface area contributed by atoms with E-state index in [9.17, 15) is 4.79 Å².